The van der Waals surface area contributed by atoms with E-state index in [-0.39, 0.29) is 5.41 Å². The van der Waals surface area contributed by atoms with E-state index in [1.807, 2.05) is 6.07 Å². The standard InChI is InChI=1S/C15H26BrN3/c1-10(2)7-8-11(3)17-13-9-12(16)18-14(19-13)15(4,5)6/h9-11H,7-8H2,1-6H3,(H,17,18,19). The number of anilines is 1. The largest absolute Gasteiger partial charge is 0.367 e. The molecule has 0 fully saturated rings. The van der Waals surface area contributed by atoms with E-state index < -0.39 is 0 Å². The van der Waals surface area contributed by atoms with Gasteiger partial charge in [0.05, 0.1) is 0 Å². The van der Waals surface area contributed by atoms with E-state index in [1.54, 1.807) is 0 Å². The molecular formula is C15H26BrN3. The number of halogens is 1. The van der Waals surface area contributed by atoms with Gasteiger partial charge in [-0.3, -0.25) is 0 Å². The first-order valence-electron chi connectivity index (χ1n) is 7.00. The Kier molecular flexibility index (Phi) is 5.78. The maximum Gasteiger partial charge on any atom is 0.137 e. The molecule has 0 aromatic carbocycles. The summed E-state index contributed by atoms with van der Waals surface area (Å²) in [5, 5.41) is 3.47. The van der Waals surface area contributed by atoms with Crippen LogP contribution in [0.1, 0.15) is 60.2 Å². The second-order valence-electron chi connectivity index (χ2n) is 6.67. The minimum Gasteiger partial charge on any atom is -0.367 e. The summed E-state index contributed by atoms with van der Waals surface area (Å²) < 4.78 is 0.839. The van der Waals surface area contributed by atoms with Crippen LogP contribution in [-0.4, -0.2) is 16.0 Å². The van der Waals surface area contributed by atoms with Gasteiger partial charge in [0.15, 0.2) is 0 Å². The zero-order chi connectivity index (χ0) is 14.6. The number of nitrogens with zero attached hydrogens (tertiary/aromatic N) is 2. The molecule has 0 amide bonds. The first-order chi connectivity index (χ1) is 8.68. The molecule has 4 heteroatoms. The Labute approximate surface area is 125 Å². The zero-order valence-electron chi connectivity index (χ0n) is 12.9. The third-order valence-electron chi connectivity index (χ3n) is 2.94. The van der Waals surface area contributed by atoms with Gasteiger partial charge in [-0.05, 0) is 41.6 Å². The van der Waals surface area contributed by atoms with Crippen molar-refractivity contribution in [2.45, 2.75) is 65.8 Å². The van der Waals surface area contributed by atoms with Crippen molar-refractivity contribution in [3.05, 3.63) is 16.5 Å². The van der Waals surface area contributed by atoms with Crippen LogP contribution in [0.15, 0.2) is 10.7 Å². The minimum absolute atomic E-state index is 0.0403. The molecule has 1 aromatic rings. The van der Waals surface area contributed by atoms with Crippen LogP contribution in [0.2, 0.25) is 0 Å². The Bertz CT molecular complexity index is 410. The van der Waals surface area contributed by atoms with Crippen molar-refractivity contribution >= 4 is 21.7 Å². The second-order valence-corrected chi connectivity index (χ2v) is 7.48. The summed E-state index contributed by atoms with van der Waals surface area (Å²) in [7, 11) is 0. The van der Waals surface area contributed by atoms with Crippen LogP contribution in [0.5, 0.6) is 0 Å². The molecule has 1 rings (SSSR count). The molecule has 0 spiro atoms. The maximum absolute atomic E-state index is 4.62. The Morgan fingerprint density at radius 2 is 1.79 bits per heavy atom. The van der Waals surface area contributed by atoms with Crippen molar-refractivity contribution < 1.29 is 0 Å². The highest BCUT2D eigenvalue weighted by Gasteiger charge is 2.19. The van der Waals surface area contributed by atoms with Crippen molar-refractivity contribution in [3.63, 3.8) is 0 Å². The van der Waals surface area contributed by atoms with E-state index in [0.29, 0.717) is 6.04 Å². The third kappa shape index (κ3) is 5.89. The van der Waals surface area contributed by atoms with Crippen LogP contribution in [0.4, 0.5) is 5.82 Å². The highest BCUT2D eigenvalue weighted by atomic mass is 79.9. The van der Waals surface area contributed by atoms with Crippen LogP contribution >= 0.6 is 15.9 Å². The lowest BCUT2D eigenvalue weighted by molar-refractivity contribution is 0.524. The van der Waals surface area contributed by atoms with Gasteiger partial charge in [-0.25, -0.2) is 9.97 Å². The lowest BCUT2D eigenvalue weighted by atomic mass is 9.96. The molecule has 108 valence electrons. The van der Waals surface area contributed by atoms with Gasteiger partial charge in [0.1, 0.15) is 16.2 Å². The summed E-state index contributed by atoms with van der Waals surface area (Å²) in [5.74, 6) is 2.51. The predicted molar refractivity (Wildman–Crippen MR) is 85.6 cm³/mol. The van der Waals surface area contributed by atoms with Gasteiger partial charge in [-0.2, -0.15) is 0 Å². The Morgan fingerprint density at radius 3 is 2.32 bits per heavy atom. The van der Waals surface area contributed by atoms with E-state index >= 15 is 0 Å². The van der Waals surface area contributed by atoms with Crippen LogP contribution in [0.3, 0.4) is 0 Å². The first kappa shape index (κ1) is 16.4. The number of nitrogens with one attached hydrogen (secondary N) is 1. The molecule has 19 heavy (non-hydrogen) atoms. The number of hydrogen-bond acceptors (Lipinski definition) is 3. The minimum atomic E-state index is -0.0403. The van der Waals surface area contributed by atoms with Crippen LogP contribution in [-0.2, 0) is 5.41 Å². The monoisotopic (exact) mass is 327 g/mol. The first-order valence-corrected chi connectivity index (χ1v) is 7.79. The highest BCUT2D eigenvalue weighted by molar-refractivity contribution is 9.10. The van der Waals surface area contributed by atoms with Gasteiger partial charge in [-0.1, -0.05) is 34.6 Å². The Morgan fingerprint density at radius 1 is 1.16 bits per heavy atom. The fourth-order valence-corrected chi connectivity index (χ4v) is 2.12. The van der Waals surface area contributed by atoms with Gasteiger partial charge >= 0.3 is 0 Å². The number of aromatic nitrogens is 2. The molecule has 0 saturated carbocycles. The average Bonchev–Trinajstić information content (AvgIpc) is 2.24. The lowest BCUT2D eigenvalue weighted by Gasteiger charge is -2.20. The smallest absolute Gasteiger partial charge is 0.137 e. The molecular weight excluding hydrogens is 302 g/mol. The van der Waals surface area contributed by atoms with Crippen molar-refractivity contribution in [2.75, 3.05) is 5.32 Å². The topological polar surface area (TPSA) is 37.8 Å². The van der Waals surface area contributed by atoms with E-state index in [1.165, 1.54) is 6.42 Å². The lowest BCUT2D eigenvalue weighted by Crippen LogP contribution is -2.21. The van der Waals surface area contributed by atoms with Crippen molar-refractivity contribution in [1.29, 1.82) is 0 Å². The number of hydrogen-bond donors (Lipinski definition) is 1. The van der Waals surface area contributed by atoms with E-state index in [0.717, 1.165) is 28.6 Å². The molecule has 0 aliphatic heterocycles. The van der Waals surface area contributed by atoms with Crippen molar-refractivity contribution in [2.24, 2.45) is 5.92 Å². The fourth-order valence-electron chi connectivity index (χ4n) is 1.73. The SMILES string of the molecule is CC(C)CCC(C)Nc1cc(Br)nc(C(C)(C)C)n1. The third-order valence-corrected chi connectivity index (χ3v) is 3.34. The van der Waals surface area contributed by atoms with Gasteiger partial charge in [0.25, 0.3) is 0 Å². The van der Waals surface area contributed by atoms with Crippen LogP contribution in [0, 0.1) is 5.92 Å². The van der Waals surface area contributed by atoms with Gasteiger partial charge in [0.2, 0.25) is 0 Å². The van der Waals surface area contributed by atoms with E-state index in [9.17, 15) is 0 Å². The summed E-state index contributed by atoms with van der Waals surface area (Å²) in [6.45, 7) is 13.1. The molecule has 1 heterocycles. The normalized spacial score (nSPS) is 13.7. The molecule has 1 N–H and O–H groups in total. The van der Waals surface area contributed by atoms with Crippen LogP contribution < -0.4 is 5.32 Å². The fraction of sp³-hybridized carbons (Fsp3) is 0.733. The van der Waals surface area contributed by atoms with Crippen molar-refractivity contribution in [1.82, 2.24) is 9.97 Å². The molecule has 1 aromatic heterocycles. The Balaban J connectivity index is 2.76. The molecule has 1 atom stereocenters. The molecule has 0 aliphatic rings. The predicted octanol–water partition coefficient (Wildman–Crippen LogP) is 4.77. The summed E-state index contributed by atoms with van der Waals surface area (Å²) in [6.07, 6.45) is 2.39. The summed E-state index contributed by atoms with van der Waals surface area (Å²) in [6, 6.07) is 2.37. The zero-order valence-corrected chi connectivity index (χ0v) is 14.5. The molecule has 0 radical (unpaired) electrons. The van der Waals surface area contributed by atoms with Gasteiger partial charge in [0, 0.05) is 17.5 Å². The summed E-state index contributed by atoms with van der Waals surface area (Å²) in [5.41, 5.74) is -0.0403. The highest BCUT2D eigenvalue weighted by Crippen LogP contribution is 2.23. The number of rotatable bonds is 5. The summed E-state index contributed by atoms with van der Waals surface area (Å²) >= 11 is 3.47. The second kappa shape index (κ2) is 6.69. The van der Waals surface area contributed by atoms with E-state index in [4.69, 9.17) is 0 Å². The molecule has 1 unspecified atom stereocenters. The Hall–Kier alpha value is -0.640. The quantitative estimate of drug-likeness (QED) is 0.791. The van der Waals surface area contributed by atoms with E-state index in [2.05, 4.69) is 72.8 Å². The molecule has 0 bridgehead atoms. The van der Waals surface area contributed by atoms with Gasteiger partial charge < -0.3 is 5.32 Å². The summed E-state index contributed by atoms with van der Waals surface area (Å²) in [4.78, 5) is 9.07. The molecule has 0 aliphatic carbocycles. The maximum atomic E-state index is 4.62. The molecule has 3 nitrogen and oxygen atoms in total. The molecule has 0 saturated heterocycles. The van der Waals surface area contributed by atoms with Crippen molar-refractivity contribution in [3.8, 4) is 0 Å². The average molecular weight is 328 g/mol. The van der Waals surface area contributed by atoms with Crippen LogP contribution in [0.25, 0.3) is 0 Å². The van der Waals surface area contributed by atoms with Gasteiger partial charge in [-0.15, -0.1) is 0 Å².